The van der Waals surface area contributed by atoms with Gasteiger partial charge in [0.05, 0.1) is 5.57 Å². The predicted molar refractivity (Wildman–Crippen MR) is 115 cm³/mol. The van der Waals surface area contributed by atoms with Crippen LogP contribution in [0.2, 0.25) is 0 Å². The molecule has 2 heterocycles. The van der Waals surface area contributed by atoms with Gasteiger partial charge in [-0.25, -0.2) is 0 Å². The summed E-state index contributed by atoms with van der Waals surface area (Å²) in [5, 5.41) is 11.0. The maximum Gasteiger partial charge on any atom is 0.300 e. The number of hydrogen-bond donors (Lipinski definition) is 1. The van der Waals surface area contributed by atoms with E-state index in [-0.39, 0.29) is 11.3 Å². The van der Waals surface area contributed by atoms with Crippen LogP contribution in [-0.4, -0.2) is 16.8 Å². The number of nitrogens with zero attached hydrogens (tertiary/aromatic N) is 1. The number of aryl methyl sites for hydroxylation is 3. The van der Waals surface area contributed by atoms with Crippen LogP contribution in [0, 0.1) is 13.8 Å². The van der Waals surface area contributed by atoms with Crippen LogP contribution in [0.1, 0.15) is 41.2 Å². The van der Waals surface area contributed by atoms with Gasteiger partial charge in [0, 0.05) is 11.3 Å². The number of carbonyl (C=O) groups is 2. The molecule has 1 saturated heterocycles. The second-order valence-electron chi connectivity index (χ2n) is 7.50. The molecular formula is C25H23NO4. The molecule has 0 aliphatic carbocycles. The van der Waals surface area contributed by atoms with Gasteiger partial charge in [0.15, 0.2) is 0 Å². The van der Waals surface area contributed by atoms with Crippen molar-refractivity contribution in [1.82, 2.24) is 0 Å². The highest BCUT2D eigenvalue weighted by Crippen LogP contribution is 2.42. The Morgan fingerprint density at radius 3 is 2.20 bits per heavy atom. The average molecular weight is 401 g/mol. The first-order valence-electron chi connectivity index (χ1n) is 9.94. The van der Waals surface area contributed by atoms with E-state index in [4.69, 9.17) is 4.42 Å². The minimum atomic E-state index is -0.840. The number of aliphatic hydroxyl groups is 1. The summed E-state index contributed by atoms with van der Waals surface area (Å²) in [5.41, 5.74) is 3.24. The SMILES string of the molecule is CCc1ccc(N2C(=O)C(=O)/C(=C(\O)c3ccc(C)cc3)C2c2ccc(C)o2)cc1. The largest absolute Gasteiger partial charge is 0.507 e. The first-order valence-corrected chi connectivity index (χ1v) is 9.94. The van der Waals surface area contributed by atoms with Gasteiger partial charge in [-0.1, -0.05) is 48.9 Å². The molecular weight excluding hydrogens is 378 g/mol. The number of ketones is 1. The van der Waals surface area contributed by atoms with Gasteiger partial charge < -0.3 is 9.52 Å². The normalized spacial score (nSPS) is 18.2. The number of aliphatic hydroxyl groups excluding tert-OH is 1. The maximum atomic E-state index is 13.0. The first kappa shape index (κ1) is 19.7. The van der Waals surface area contributed by atoms with Crippen molar-refractivity contribution in [2.75, 3.05) is 4.90 Å². The van der Waals surface area contributed by atoms with Gasteiger partial charge in [-0.05, 0) is 50.1 Å². The molecule has 4 rings (SSSR count). The van der Waals surface area contributed by atoms with Gasteiger partial charge in [0.1, 0.15) is 23.3 Å². The van der Waals surface area contributed by atoms with Gasteiger partial charge in [-0.15, -0.1) is 0 Å². The second kappa shape index (κ2) is 7.67. The van der Waals surface area contributed by atoms with Crippen LogP contribution in [-0.2, 0) is 16.0 Å². The molecule has 0 saturated carbocycles. The van der Waals surface area contributed by atoms with Crippen LogP contribution in [0.15, 0.2) is 70.7 Å². The lowest BCUT2D eigenvalue weighted by Crippen LogP contribution is -2.29. The van der Waals surface area contributed by atoms with Crippen molar-refractivity contribution in [3.05, 3.63) is 94.4 Å². The zero-order chi connectivity index (χ0) is 21.4. The van der Waals surface area contributed by atoms with E-state index >= 15 is 0 Å². The van der Waals surface area contributed by atoms with Crippen molar-refractivity contribution in [1.29, 1.82) is 0 Å². The highest BCUT2D eigenvalue weighted by molar-refractivity contribution is 6.51. The number of hydrogen-bond acceptors (Lipinski definition) is 4. The number of carbonyl (C=O) groups excluding carboxylic acids is 2. The van der Waals surface area contributed by atoms with E-state index in [9.17, 15) is 14.7 Å². The molecule has 5 nitrogen and oxygen atoms in total. The number of furan rings is 1. The summed E-state index contributed by atoms with van der Waals surface area (Å²) in [7, 11) is 0. The lowest BCUT2D eigenvalue weighted by atomic mass is 9.98. The minimum Gasteiger partial charge on any atom is -0.507 e. The number of rotatable bonds is 4. The lowest BCUT2D eigenvalue weighted by molar-refractivity contribution is -0.132. The van der Waals surface area contributed by atoms with Gasteiger partial charge in [0.25, 0.3) is 11.7 Å². The molecule has 152 valence electrons. The topological polar surface area (TPSA) is 70.8 Å². The van der Waals surface area contributed by atoms with Gasteiger partial charge in [-0.2, -0.15) is 0 Å². The van der Waals surface area contributed by atoms with Crippen molar-refractivity contribution in [3.63, 3.8) is 0 Å². The standard InChI is InChI=1S/C25H23NO4/c1-4-17-8-12-19(13-9-17)26-22(20-14-7-16(3)30-20)21(24(28)25(26)29)23(27)18-10-5-15(2)6-11-18/h5-14,22,27H,4H2,1-3H3/b23-21-. The third kappa shape index (κ3) is 3.32. The predicted octanol–water partition coefficient (Wildman–Crippen LogP) is 5.09. The minimum absolute atomic E-state index is 0.0257. The van der Waals surface area contributed by atoms with Crippen molar-refractivity contribution in [2.24, 2.45) is 0 Å². The van der Waals surface area contributed by atoms with E-state index in [1.54, 1.807) is 31.2 Å². The van der Waals surface area contributed by atoms with Crippen LogP contribution in [0.25, 0.3) is 5.76 Å². The smallest absolute Gasteiger partial charge is 0.300 e. The molecule has 1 aliphatic rings. The molecule has 0 radical (unpaired) electrons. The third-order valence-corrected chi connectivity index (χ3v) is 5.42. The average Bonchev–Trinajstić information content (AvgIpc) is 3.29. The van der Waals surface area contributed by atoms with Crippen LogP contribution in [0.5, 0.6) is 0 Å². The summed E-state index contributed by atoms with van der Waals surface area (Å²) in [6, 6.07) is 17.3. The fourth-order valence-corrected chi connectivity index (χ4v) is 3.73. The van der Waals surface area contributed by atoms with E-state index in [1.165, 1.54) is 4.90 Å². The fourth-order valence-electron chi connectivity index (χ4n) is 3.73. The Hall–Kier alpha value is -3.60. The van der Waals surface area contributed by atoms with Gasteiger partial charge in [-0.3, -0.25) is 14.5 Å². The second-order valence-corrected chi connectivity index (χ2v) is 7.50. The number of amides is 1. The van der Waals surface area contributed by atoms with E-state index in [1.807, 2.05) is 43.3 Å². The summed E-state index contributed by atoms with van der Waals surface area (Å²) in [6.07, 6.45) is 0.868. The highest BCUT2D eigenvalue weighted by Gasteiger charge is 2.48. The van der Waals surface area contributed by atoms with Crippen LogP contribution in [0.4, 0.5) is 5.69 Å². The Bertz CT molecular complexity index is 1140. The molecule has 1 aromatic heterocycles. The molecule has 3 aromatic rings. The quantitative estimate of drug-likeness (QED) is 0.376. The van der Waals surface area contributed by atoms with E-state index in [2.05, 4.69) is 6.92 Å². The Labute approximate surface area is 175 Å². The van der Waals surface area contributed by atoms with Crippen molar-refractivity contribution in [3.8, 4) is 0 Å². The van der Waals surface area contributed by atoms with Gasteiger partial charge in [0.2, 0.25) is 0 Å². The molecule has 1 unspecified atom stereocenters. The highest BCUT2D eigenvalue weighted by atomic mass is 16.3. The molecule has 1 N–H and O–H groups in total. The molecule has 1 atom stereocenters. The Morgan fingerprint density at radius 1 is 0.967 bits per heavy atom. The number of benzene rings is 2. The molecule has 5 heteroatoms. The summed E-state index contributed by atoms with van der Waals surface area (Å²) in [6.45, 7) is 5.79. The summed E-state index contributed by atoms with van der Waals surface area (Å²) in [4.78, 5) is 27.5. The summed E-state index contributed by atoms with van der Waals surface area (Å²) in [5.74, 6) is -0.536. The summed E-state index contributed by atoms with van der Waals surface area (Å²) >= 11 is 0. The molecule has 1 fully saturated rings. The van der Waals surface area contributed by atoms with E-state index < -0.39 is 17.7 Å². The van der Waals surface area contributed by atoms with Gasteiger partial charge >= 0.3 is 0 Å². The van der Waals surface area contributed by atoms with Crippen molar-refractivity contribution >= 4 is 23.1 Å². The van der Waals surface area contributed by atoms with E-state index in [0.29, 0.717) is 22.8 Å². The lowest BCUT2D eigenvalue weighted by Gasteiger charge is -2.23. The molecule has 2 aromatic carbocycles. The zero-order valence-electron chi connectivity index (χ0n) is 17.2. The third-order valence-electron chi connectivity index (χ3n) is 5.42. The Morgan fingerprint density at radius 2 is 1.63 bits per heavy atom. The molecule has 0 bridgehead atoms. The van der Waals surface area contributed by atoms with E-state index in [0.717, 1.165) is 17.5 Å². The van der Waals surface area contributed by atoms with Crippen molar-refractivity contribution < 1.29 is 19.1 Å². The first-order chi connectivity index (χ1) is 14.4. The number of Topliss-reactive ketones (excluding diaryl/α,β-unsaturated/α-hetero) is 1. The molecule has 1 amide bonds. The fraction of sp³-hybridized carbons (Fsp3) is 0.200. The van der Waals surface area contributed by atoms with Crippen LogP contribution >= 0.6 is 0 Å². The molecule has 30 heavy (non-hydrogen) atoms. The Balaban J connectivity index is 1.90. The number of anilines is 1. The van der Waals surface area contributed by atoms with Crippen LogP contribution < -0.4 is 4.90 Å². The van der Waals surface area contributed by atoms with Crippen molar-refractivity contribution in [2.45, 2.75) is 33.2 Å². The Kier molecular flexibility index (Phi) is 5.04. The van der Waals surface area contributed by atoms with Crippen LogP contribution in [0.3, 0.4) is 0 Å². The molecule has 1 aliphatic heterocycles. The maximum absolute atomic E-state index is 13.0. The summed E-state index contributed by atoms with van der Waals surface area (Å²) < 4.78 is 5.80. The zero-order valence-corrected chi connectivity index (χ0v) is 17.2. The molecule has 0 spiro atoms. The monoisotopic (exact) mass is 401 g/mol.